The van der Waals surface area contributed by atoms with Crippen molar-refractivity contribution >= 4 is 17.5 Å². The molecule has 0 N–H and O–H groups in total. The van der Waals surface area contributed by atoms with Gasteiger partial charge in [0.05, 0.1) is 5.25 Å². The number of benzene rings is 3. The van der Waals surface area contributed by atoms with Gasteiger partial charge in [-0.15, -0.1) is 11.8 Å². The first-order valence-corrected chi connectivity index (χ1v) is 8.69. The number of carbonyl (C=O) groups excluding carboxylic acids is 1. The minimum Gasteiger partial charge on any atom is -0.293 e. The Hall–Kier alpha value is -2.32. The van der Waals surface area contributed by atoms with Gasteiger partial charge in [0.1, 0.15) is 0 Å². The largest absolute Gasteiger partial charge is 0.293 e. The molecule has 0 bridgehead atoms. The number of hydrogen-bond acceptors (Lipinski definition) is 2. The van der Waals surface area contributed by atoms with Crippen LogP contribution in [0.2, 0.25) is 0 Å². The van der Waals surface area contributed by atoms with Gasteiger partial charge in [0, 0.05) is 11.3 Å². The van der Waals surface area contributed by atoms with Crippen molar-refractivity contribution in [2.75, 3.05) is 0 Å². The molecule has 3 aromatic rings. The van der Waals surface area contributed by atoms with Crippen LogP contribution in [0.3, 0.4) is 0 Å². The molecule has 0 aliphatic rings. The highest BCUT2D eigenvalue weighted by Crippen LogP contribution is 2.34. The normalized spacial score (nSPS) is 11.8. The van der Waals surface area contributed by atoms with Crippen LogP contribution in [0.25, 0.3) is 0 Å². The summed E-state index contributed by atoms with van der Waals surface area (Å²) in [6.07, 6.45) is 0. The molecule has 114 valence electrons. The van der Waals surface area contributed by atoms with E-state index in [1.165, 1.54) is 5.56 Å². The van der Waals surface area contributed by atoms with Crippen LogP contribution in [0.5, 0.6) is 0 Å². The van der Waals surface area contributed by atoms with Crippen LogP contribution in [-0.4, -0.2) is 5.78 Å². The first kappa shape index (κ1) is 15.6. The molecule has 1 atom stereocenters. The molecule has 3 aromatic carbocycles. The third-order valence-corrected chi connectivity index (χ3v) is 4.98. The minimum absolute atomic E-state index is 0.165. The molecule has 0 aromatic heterocycles. The molecule has 0 saturated carbocycles. The molecule has 3 rings (SSSR count). The number of carbonyl (C=O) groups is 1. The second kappa shape index (κ2) is 7.80. The summed E-state index contributed by atoms with van der Waals surface area (Å²) in [5, 5.41) is -0.182. The molecule has 1 nitrogen and oxygen atoms in total. The molecule has 0 aliphatic carbocycles. The maximum atomic E-state index is 12.9. The zero-order valence-corrected chi connectivity index (χ0v) is 13.6. The fraction of sp³-hybridized carbons (Fsp3) is 0.0952. The lowest BCUT2D eigenvalue weighted by molar-refractivity contribution is 0.0989. The lowest BCUT2D eigenvalue weighted by atomic mass is 10.0. The van der Waals surface area contributed by atoms with Crippen LogP contribution >= 0.6 is 11.8 Å². The van der Waals surface area contributed by atoms with E-state index in [9.17, 15) is 4.79 Å². The summed E-state index contributed by atoms with van der Waals surface area (Å²) in [7, 11) is 0. The van der Waals surface area contributed by atoms with Gasteiger partial charge in [-0.3, -0.25) is 4.79 Å². The lowest BCUT2D eigenvalue weighted by Gasteiger charge is -2.16. The molecule has 23 heavy (non-hydrogen) atoms. The highest BCUT2D eigenvalue weighted by Gasteiger charge is 2.22. The lowest BCUT2D eigenvalue weighted by Crippen LogP contribution is -2.10. The first-order chi connectivity index (χ1) is 11.3. The summed E-state index contributed by atoms with van der Waals surface area (Å²) >= 11 is 1.68. The van der Waals surface area contributed by atoms with Crippen molar-refractivity contribution in [3.63, 3.8) is 0 Å². The van der Waals surface area contributed by atoms with Gasteiger partial charge in [-0.1, -0.05) is 91.0 Å². The maximum absolute atomic E-state index is 12.9. The van der Waals surface area contributed by atoms with Gasteiger partial charge in [-0.05, 0) is 11.1 Å². The Bertz CT molecular complexity index is 739. The van der Waals surface area contributed by atoms with Gasteiger partial charge in [0.2, 0.25) is 0 Å². The molecule has 0 fully saturated rings. The highest BCUT2D eigenvalue weighted by molar-refractivity contribution is 7.99. The topological polar surface area (TPSA) is 17.1 Å². The molecular weight excluding hydrogens is 300 g/mol. The van der Waals surface area contributed by atoms with Crippen LogP contribution in [-0.2, 0) is 5.75 Å². The van der Waals surface area contributed by atoms with Crippen LogP contribution in [0.15, 0.2) is 91.0 Å². The SMILES string of the molecule is O=C(c1ccccc1)C(SCc1ccccc1)c1ccccc1. The van der Waals surface area contributed by atoms with Crippen LogP contribution in [0.1, 0.15) is 26.7 Å². The third kappa shape index (κ3) is 4.11. The molecule has 0 aliphatic heterocycles. The molecular formula is C21H18OS. The highest BCUT2D eigenvalue weighted by atomic mass is 32.2. The average molecular weight is 318 g/mol. The van der Waals surface area contributed by atoms with Gasteiger partial charge in [0.15, 0.2) is 5.78 Å². The van der Waals surface area contributed by atoms with Gasteiger partial charge in [-0.2, -0.15) is 0 Å². The number of Topliss-reactive ketones (excluding diaryl/α,β-unsaturated/α-hetero) is 1. The second-order valence-corrected chi connectivity index (χ2v) is 6.41. The predicted octanol–water partition coefficient (Wildman–Crippen LogP) is 5.54. The summed E-state index contributed by atoms with van der Waals surface area (Å²) in [6, 6.07) is 29.8. The number of rotatable bonds is 6. The average Bonchev–Trinajstić information content (AvgIpc) is 2.64. The fourth-order valence-electron chi connectivity index (χ4n) is 2.46. The zero-order chi connectivity index (χ0) is 15.9. The van der Waals surface area contributed by atoms with E-state index in [1.807, 2.05) is 78.9 Å². The molecule has 0 saturated heterocycles. The van der Waals surface area contributed by atoms with Crippen LogP contribution < -0.4 is 0 Å². The molecule has 0 radical (unpaired) electrons. The molecule has 0 heterocycles. The van der Waals surface area contributed by atoms with Gasteiger partial charge < -0.3 is 0 Å². The Balaban J connectivity index is 1.84. The van der Waals surface area contributed by atoms with Crippen molar-refractivity contribution in [3.05, 3.63) is 108 Å². The number of thioether (sulfide) groups is 1. The summed E-state index contributed by atoms with van der Waals surface area (Å²) in [5.41, 5.74) is 3.06. The van der Waals surface area contributed by atoms with E-state index in [2.05, 4.69) is 12.1 Å². The fourth-order valence-corrected chi connectivity index (χ4v) is 3.65. The quantitative estimate of drug-likeness (QED) is 0.555. The van der Waals surface area contributed by atoms with E-state index in [0.717, 1.165) is 16.9 Å². The first-order valence-electron chi connectivity index (χ1n) is 7.64. The monoisotopic (exact) mass is 318 g/mol. The van der Waals surface area contributed by atoms with Crippen LogP contribution in [0.4, 0.5) is 0 Å². The van der Waals surface area contributed by atoms with Gasteiger partial charge in [-0.25, -0.2) is 0 Å². The Morgan fingerprint density at radius 1 is 0.739 bits per heavy atom. The Morgan fingerprint density at radius 2 is 1.26 bits per heavy atom. The van der Waals surface area contributed by atoms with E-state index in [-0.39, 0.29) is 11.0 Å². The molecule has 1 unspecified atom stereocenters. The summed E-state index contributed by atoms with van der Waals surface area (Å²) < 4.78 is 0. The smallest absolute Gasteiger partial charge is 0.180 e. The predicted molar refractivity (Wildman–Crippen MR) is 97.7 cm³/mol. The Labute approximate surface area is 141 Å². The second-order valence-electron chi connectivity index (χ2n) is 5.32. The molecule has 2 heteroatoms. The minimum atomic E-state index is -0.182. The summed E-state index contributed by atoms with van der Waals surface area (Å²) in [4.78, 5) is 12.9. The molecule has 0 amide bonds. The van der Waals surface area contributed by atoms with E-state index in [0.29, 0.717) is 0 Å². The van der Waals surface area contributed by atoms with Crippen molar-refractivity contribution < 1.29 is 4.79 Å². The number of hydrogen-bond donors (Lipinski definition) is 0. The van der Waals surface area contributed by atoms with E-state index >= 15 is 0 Å². The standard InChI is InChI=1S/C21H18OS/c22-20(18-12-6-2-7-13-18)21(19-14-8-3-9-15-19)23-16-17-10-4-1-5-11-17/h1-15,21H,16H2. The Morgan fingerprint density at radius 3 is 1.87 bits per heavy atom. The van der Waals surface area contributed by atoms with Crippen molar-refractivity contribution in [1.29, 1.82) is 0 Å². The third-order valence-electron chi connectivity index (χ3n) is 3.66. The Kier molecular flexibility index (Phi) is 5.28. The van der Waals surface area contributed by atoms with Crippen molar-refractivity contribution in [2.24, 2.45) is 0 Å². The summed E-state index contributed by atoms with van der Waals surface area (Å²) in [6.45, 7) is 0. The van der Waals surface area contributed by atoms with Gasteiger partial charge >= 0.3 is 0 Å². The van der Waals surface area contributed by atoms with E-state index in [4.69, 9.17) is 0 Å². The van der Waals surface area contributed by atoms with Gasteiger partial charge in [0.25, 0.3) is 0 Å². The zero-order valence-electron chi connectivity index (χ0n) is 12.8. The van der Waals surface area contributed by atoms with Crippen molar-refractivity contribution in [3.8, 4) is 0 Å². The number of ketones is 1. The van der Waals surface area contributed by atoms with Crippen molar-refractivity contribution in [1.82, 2.24) is 0 Å². The van der Waals surface area contributed by atoms with Crippen LogP contribution in [0, 0.1) is 0 Å². The maximum Gasteiger partial charge on any atom is 0.180 e. The van der Waals surface area contributed by atoms with E-state index in [1.54, 1.807) is 11.8 Å². The molecule has 0 spiro atoms. The van der Waals surface area contributed by atoms with E-state index < -0.39 is 0 Å². The van der Waals surface area contributed by atoms with Crippen molar-refractivity contribution in [2.45, 2.75) is 11.0 Å². The summed E-state index contributed by atoms with van der Waals surface area (Å²) in [5.74, 6) is 0.983.